The highest BCUT2D eigenvalue weighted by atomic mass is 35.5. The summed E-state index contributed by atoms with van der Waals surface area (Å²) in [5.41, 5.74) is 22.4. The Bertz CT molecular complexity index is 767. The highest BCUT2D eigenvalue weighted by Crippen LogP contribution is 2.11. The standard InChI is InChI=1S/2C11H20N6O.3ClH/c2*12-8-16-11(14)15-5-3-4-9(13)10(18)17-6-1-2-7-17;;;/h2*9H,1-7,13H2,(H3,14,15,16);3*1H/t2*9-;;;/m00.../s1. The molecule has 0 aromatic heterocycles. The third kappa shape index (κ3) is 17.5. The quantitative estimate of drug-likeness (QED) is 0.0604. The van der Waals surface area contributed by atoms with Crippen molar-refractivity contribution < 1.29 is 9.59 Å². The molecular formula is C22H43Cl3N12O2. The normalized spacial score (nSPS) is 16.0. The molecule has 0 bridgehead atoms. The largest absolute Gasteiger partial charge is 0.369 e. The number of amides is 2. The molecule has 2 aliphatic heterocycles. The van der Waals surface area contributed by atoms with Crippen LogP contribution >= 0.6 is 37.2 Å². The van der Waals surface area contributed by atoms with Crippen molar-refractivity contribution in [2.75, 3.05) is 39.3 Å². The Hall–Kier alpha value is -2.75. The molecule has 17 heteroatoms. The van der Waals surface area contributed by atoms with Crippen molar-refractivity contribution in [2.24, 2.45) is 32.9 Å². The third-order valence-electron chi connectivity index (χ3n) is 5.75. The van der Waals surface area contributed by atoms with Gasteiger partial charge < -0.3 is 32.7 Å². The van der Waals surface area contributed by atoms with Crippen molar-refractivity contribution in [3.63, 3.8) is 0 Å². The minimum absolute atomic E-state index is 0. The lowest BCUT2D eigenvalue weighted by atomic mass is 10.1. The van der Waals surface area contributed by atoms with E-state index in [1.807, 2.05) is 9.80 Å². The van der Waals surface area contributed by atoms with E-state index in [0.29, 0.717) is 38.8 Å². The molecule has 2 fully saturated rings. The molecular weight excluding hydrogens is 571 g/mol. The lowest BCUT2D eigenvalue weighted by molar-refractivity contribution is -0.132. The number of aliphatic imine (C=N–C) groups is 2. The summed E-state index contributed by atoms with van der Waals surface area (Å²) in [6.45, 7) is 4.21. The Morgan fingerprint density at radius 3 is 1.31 bits per heavy atom. The van der Waals surface area contributed by atoms with Crippen LogP contribution in [0.4, 0.5) is 0 Å². The number of hydrogen-bond acceptors (Lipinski definition) is 8. The first-order valence-corrected chi connectivity index (χ1v) is 12.3. The van der Waals surface area contributed by atoms with Crippen LogP contribution < -0.4 is 33.6 Å². The van der Waals surface area contributed by atoms with Gasteiger partial charge in [-0.15, -0.1) is 37.2 Å². The highest BCUT2D eigenvalue weighted by Gasteiger charge is 2.24. The van der Waals surface area contributed by atoms with Crippen LogP contribution in [-0.4, -0.2) is 84.9 Å². The van der Waals surface area contributed by atoms with Crippen molar-refractivity contribution in [1.82, 2.24) is 20.4 Å². The van der Waals surface area contributed by atoms with Crippen molar-refractivity contribution in [1.29, 1.82) is 10.5 Å². The number of carbonyl (C=O) groups excluding carboxylic acids is 2. The van der Waals surface area contributed by atoms with Crippen LogP contribution in [0.1, 0.15) is 51.4 Å². The van der Waals surface area contributed by atoms with Crippen molar-refractivity contribution in [3.05, 3.63) is 0 Å². The zero-order valence-electron chi connectivity index (χ0n) is 22.1. The summed E-state index contributed by atoms with van der Waals surface area (Å²) < 4.78 is 0. The minimum atomic E-state index is -0.455. The van der Waals surface area contributed by atoms with Gasteiger partial charge in [0, 0.05) is 39.3 Å². The summed E-state index contributed by atoms with van der Waals surface area (Å²) in [4.78, 5) is 35.2. The average molecular weight is 614 g/mol. The molecule has 2 amide bonds. The minimum Gasteiger partial charge on any atom is -0.369 e. The smallest absolute Gasteiger partial charge is 0.239 e. The zero-order chi connectivity index (χ0) is 26.8. The number of nitrogens with one attached hydrogen (secondary N) is 2. The van der Waals surface area contributed by atoms with E-state index in [1.54, 1.807) is 12.4 Å². The van der Waals surface area contributed by atoms with Crippen LogP contribution in [0.3, 0.4) is 0 Å². The molecule has 2 aliphatic rings. The van der Waals surface area contributed by atoms with E-state index < -0.39 is 12.1 Å². The summed E-state index contributed by atoms with van der Waals surface area (Å²) in [5, 5.41) is 21.0. The first-order valence-electron chi connectivity index (χ1n) is 12.3. The number of guanidine groups is 2. The van der Waals surface area contributed by atoms with E-state index in [9.17, 15) is 9.59 Å². The predicted octanol–water partition coefficient (Wildman–Crippen LogP) is -0.531. The number of likely N-dealkylation sites (tertiary alicyclic amines) is 2. The molecule has 10 N–H and O–H groups in total. The van der Waals surface area contributed by atoms with Crippen LogP contribution in [0.15, 0.2) is 9.98 Å². The molecule has 14 nitrogen and oxygen atoms in total. The molecule has 0 saturated carbocycles. The summed E-state index contributed by atoms with van der Waals surface area (Å²) in [6, 6.07) is -0.910. The summed E-state index contributed by atoms with van der Waals surface area (Å²) >= 11 is 0. The van der Waals surface area contributed by atoms with Gasteiger partial charge in [-0.3, -0.25) is 30.2 Å². The maximum Gasteiger partial charge on any atom is 0.239 e. The molecule has 0 spiro atoms. The lowest BCUT2D eigenvalue weighted by Gasteiger charge is -2.19. The third-order valence-corrected chi connectivity index (χ3v) is 5.75. The molecule has 224 valence electrons. The topological polar surface area (TPSA) is 241 Å². The van der Waals surface area contributed by atoms with E-state index in [1.165, 1.54) is 0 Å². The Labute approximate surface area is 249 Å². The van der Waals surface area contributed by atoms with Gasteiger partial charge in [0.2, 0.25) is 23.7 Å². The number of nitrogens with two attached hydrogens (primary N) is 4. The van der Waals surface area contributed by atoms with Crippen LogP contribution in [0.5, 0.6) is 0 Å². The van der Waals surface area contributed by atoms with Crippen LogP contribution in [0.25, 0.3) is 0 Å². The zero-order valence-corrected chi connectivity index (χ0v) is 24.5. The van der Waals surface area contributed by atoms with E-state index in [4.69, 9.17) is 33.5 Å². The van der Waals surface area contributed by atoms with Crippen molar-refractivity contribution in [2.45, 2.75) is 63.5 Å². The molecule has 2 rings (SSSR count). The Morgan fingerprint density at radius 2 is 1.03 bits per heavy atom. The fourth-order valence-corrected chi connectivity index (χ4v) is 3.81. The van der Waals surface area contributed by atoms with Gasteiger partial charge in [-0.25, -0.2) is 0 Å². The van der Waals surface area contributed by atoms with Gasteiger partial charge in [-0.2, -0.15) is 10.5 Å². The maximum atomic E-state index is 11.9. The lowest BCUT2D eigenvalue weighted by Crippen LogP contribution is -2.42. The van der Waals surface area contributed by atoms with Gasteiger partial charge in [0.15, 0.2) is 12.4 Å². The number of carbonyl (C=O) groups is 2. The molecule has 2 heterocycles. The molecule has 39 heavy (non-hydrogen) atoms. The molecule has 0 aliphatic carbocycles. The number of nitrogens with zero attached hydrogens (tertiary/aromatic N) is 6. The van der Waals surface area contributed by atoms with Crippen LogP contribution in [0, 0.1) is 22.9 Å². The van der Waals surface area contributed by atoms with Crippen molar-refractivity contribution >= 4 is 61.0 Å². The summed E-state index contributed by atoms with van der Waals surface area (Å²) in [5.74, 6) is 0.244. The Kier molecular flexibility index (Phi) is 25.4. The van der Waals surface area contributed by atoms with Gasteiger partial charge in [-0.05, 0) is 51.4 Å². The second kappa shape index (κ2) is 24.3. The molecule has 0 aromatic rings. The van der Waals surface area contributed by atoms with Crippen molar-refractivity contribution in [3.8, 4) is 12.4 Å². The van der Waals surface area contributed by atoms with E-state index in [2.05, 4.69) is 20.6 Å². The molecule has 2 saturated heterocycles. The summed E-state index contributed by atoms with van der Waals surface area (Å²) in [6.07, 6.45) is 10.2. The second-order valence-electron chi connectivity index (χ2n) is 8.57. The number of hydrogen-bond donors (Lipinski definition) is 6. The fourth-order valence-electron chi connectivity index (χ4n) is 3.81. The number of nitriles is 2. The van der Waals surface area contributed by atoms with Gasteiger partial charge in [0.1, 0.15) is 0 Å². The SMILES string of the molecule is Cl.Cl.Cl.N#CNC(N)=NCCC[C@H](N)C(=O)N1CCCC1.N#CNC(N)=NCCC[C@H](N)C(=O)N1CCCC1. The fraction of sp³-hybridized carbons (Fsp3) is 0.727. The monoisotopic (exact) mass is 612 g/mol. The van der Waals surface area contributed by atoms with Crippen LogP contribution in [-0.2, 0) is 9.59 Å². The average Bonchev–Trinajstić information content (AvgIpc) is 3.59. The van der Waals surface area contributed by atoms with E-state index >= 15 is 0 Å². The molecule has 0 radical (unpaired) electrons. The second-order valence-corrected chi connectivity index (χ2v) is 8.57. The molecule has 0 aromatic carbocycles. The number of rotatable bonds is 10. The van der Waals surface area contributed by atoms with Gasteiger partial charge in [-0.1, -0.05) is 0 Å². The Morgan fingerprint density at radius 1 is 0.718 bits per heavy atom. The van der Waals surface area contributed by atoms with Crippen LogP contribution in [0.2, 0.25) is 0 Å². The summed E-state index contributed by atoms with van der Waals surface area (Å²) in [7, 11) is 0. The van der Waals surface area contributed by atoms with Gasteiger partial charge >= 0.3 is 0 Å². The van der Waals surface area contributed by atoms with Gasteiger partial charge in [0.05, 0.1) is 12.1 Å². The Balaban J connectivity index is -0.000000617. The highest BCUT2D eigenvalue weighted by molar-refractivity contribution is 5.86. The molecule has 2 atom stereocenters. The maximum absolute atomic E-state index is 11.9. The number of halogens is 3. The van der Waals surface area contributed by atoms with E-state index in [-0.39, 0.29) is 61.0 Å². The first kappa shape index (κ1) is 40.7. The van der Waals surface area contributed by atoms with E-state index in [0.717, 1.165) is 51.9 Å². The van der Waals surface area contributed by atoms with Gasteiger partial charge in [0.25, 0.3) is 0 Å². The first-order chi connectivity index (χ1) is 17.3. The predicted molar refractivity (Wildman–Crippen MR) is 158 cm³/mol. The molecule has 0 unspecified atom stereocenters.